The van der Waals surface area contributed by atoms with Gasteiger partial charge in [-0.2, -0.15) is 13.2 Å². The SMILES string of the molecule is CC(C)[C@@]1(C(=O)O)CC[C@@H](N2C[C@H](c3nc4c5c(ncc(Cl)n35)Nc3cc(C(=O)Nc5cc(C(F)(F)F)ccn5)ccc3-4)OC[C@@H]2C)C1. The molecule has 3 aliphatic rings. The number of aliphatic carboxylic acids is 1. The maximum atomic E-state index is 13.2. The summed E-state index contributed by atoms with van der Waals surface area (Å²) < 4.78 is 47.6. The Hall–Kier alpha value is -4.27. The molecule has 0 unspecified atom stereocenters. The Morgan fingerprint density at radius 3 is 2.71 bits per heavy atom. The van der Waals surface area contributed by atoms with Crippen LogP contribution in [0.2, 0.25) is 5.15 Å². The van der Waals surface area contributed by atoms with E-state index in [9.17, 15) is 27.9 Å². The predicted molar refractivity (Wildman–Crippen MR) is 171 cm³/mol. The van der Waals surface area contributed by atoms with E-state index in [-0.39, 0.29) is 29.4 Å². The van der Waals surface area contributed by atoms with Gasteiger partial charge in [-0.25, -0.2) is 15.0 Å². The number of hydrogen-bond donors (Lipinski definition) is 3. The van der Waals surface area contributed by atoms with Crippen LogP contribution < -0.4 is 10.6 Å². The molecule has 3 N–H and O–H groups in total. The molecule has 4 atom stereocenters. The van der Waals surface area contributed by atoms with Crippen LogP contribution in [0.5, 0.6) is 0 Å². The molecule has 2 aliphatic heterocycles. The van der Waals surface area contributed by atoms with Crippen LogP contribution in [0.3, 0.4) is 0 Å². The van der Waals surface area contributed by atoms with Crippen molar-refractivity contribution in [2.24, 2.45) is 11.3 Å². The Balaban J connectivity index is 1.18. The number of carbonyl (C=O) groups is 2. The first-order chi connectivity index (χ1) is 22.8. The summed E-state index contributed by atoms with van der Waals surface area (Å²) in [4.78, 5) is 41.1. The number of rotatable bonds is 6. The fourth-order valence-corrected chi connectivity index (χ4v) is 7.55. The molecule has 252 valence electrons. The van der Waals surface area contributed by atoms with E-state index in [0.29, 0.717) is 65.3 Å². The van der Waals surface area contributed by atoms with Gasteiger partial charge in [0.15, 0.2) is 5.82 Å². The van der Waals surface area contributed by atoms with Crippen LogP contribution >= 0.6 is 11.6 Å². The first-order valence-electron chi connectivity index (χ1n) is 15.7. The fourth-order valence-electron chi connectivity index (χ4n) is 7.33. The van der Waals surface area contributed by atoms with Crippen molar-refractivity contribution in [1.29, 1.82) is 0 Å². The summed E-state index contributed by atoms with van der Waals surface area (Å²) in [6.07, 6.45) is -0.600. The number of nitrogens with zero attached hydrogens (tertiary/aromatic N) is 5. The zero-order valence-corrected chi connectivity index (χ0v) is 27.1. The topological polar surface area (TPSA) is 134 Å². The quantitative estimate of drug-likeness (QED) is 0.176. The zero-order valence-electron chi connectivity index (χ0n) is 26.3. The Morgan fingerprint density at radius 1 is 1.21 bits per heavy atom. The number of ether oxygens (including phenoxy) is 1. The van der Waals surface area contributed by atoms with Crippen LogP contribution in [-0.4, -0.2) is 66.5 Å². The molecule has 0 spiro atoms. The van der Waals surface area contributed by atoms with Crippen molar-refractivity contribution >= 4 is 46.3 Å². The number of carboxylic acids is 1. The van der Waals surface area contributed by atoms with Crippen LogP contribution in [0.15, 0.2) is 42.7 Å². The minimum atomic E-state index is -4.58. The van der Waals surface area contributed by atoms with Gasteiger partial charge >= 0.3 is 12.1 Å². The lowest BCUT2D eigenvalue weighted by atomic mass is 9.75. The van der Waals surface area contributed by atoms with Crippen LogP contribution in [0, 0.1) is 11.3 Å². The van der Waals surface area contributed by atoms with Crippen molar-refractivity contribution in [2.45, 2.75) is 64.4 Å². The highest BCUT2D eigenvalue weighted by Gasteiger charge is 2.50. The number of pyridine rings is 1. The number of morpholine rings is 1. The summed E-state index contributed by atoms with van der Waals surface area (Å²) in [5, 5.41) is 16.2. The van der Waals surface area contributed by atoms with Crippen molar-refractivity contribution in [3.63, 3.8) is 0 Å². The number of aromatic nitrogens is 4. The molecule has 1 aromatic carbocycles. The number of nitrogens with one attached hydrogen (secondary N) is 2. The third kappa shape index (κ3) is 5.35. The molecule has 3 aromatic heterocycles. The second-order valence-corrected chi connectivity index (χ2v) is 13.5. The minimum absolute atomic E-state index is 0.00804. The average molecular weight is 684 g/mol. The summed E-state index contributed by atoms with van der Waals surface area (Å²) in [5.41, 5.74) is 0.908. The molecule has 48 heavy (non-hydrogen) atoms. The number of benzene rings is 1. The van der Waals surface area contributed by atoms with Crippen LogP contribution in [0.1, 0.15) is 67.9 Å². The van der Waals surface area contributed by atoms with E-state index in [1.165, 1.54) is 6.20 Å². The lowest BCUT2D eigenvalue weighted by molar-refractivity contribution is -0.152. The monoisotopic (exact) mass is 683 g/mol. The number of anilines is 3. The molecular formula is C33H33ClF3N7O4. The summed E-state index contributed by atoms with van der Waals surface area (Å²) >= 11 is 6.73. The van der Waals surface area contributed by atoms with Gasteiger partial charge in [-0.15, -0.1) is 0 Å². The molecule has 1 amide bonds. The van der Waals surface area contributed by atoms with Gasteiger partial charge in [-0.3, -0.25) is 18.9 Å². The van der Waals surface area contributed by atoms with E-state index in [2.05, 4.69) is 32.4 Å². The summed E-state index contributed by atoms with van der Waals surface area (Å²) in [6.45, 7) is 6.96. The van der Waals surface area contributed by atoms with Gasteiger partial charge in [0.1, 0.15) is 34.1 Å². The van der Waals surface area contributed by atoms with E-state index in [0.717, 1.165) is 24.8 Å². The van der Waals surface area contributed by atoms with Crippen molar-refractivity contribution in [3.8, 4) is 11.3 Å². The van der Waals surface area contributed by atoms with E-state index < -0.39 is 35.1 Å². The van der Waals surface area contributed by atoms with E-state index in [1.54, 1.807) is 22.6 Å². The normalized spacial score (nSPS) is 24.0. The maximum absolute atomic E-state index is 13.2. The molecule has 0 bridgehead atoms. The predicted octanol–water partition coefficient (Wildman–Crippen LogP) is 6.81. The van der Waals surface area contributed by atoms with E-state index in [4.69, 9.17) is 21.3 Å². The highest BCUT2D eigenvalue weighted by Crippen LogP contribution is 2.48. The Labute approximate surface area is 278 Å². The third-order valence-electron chi connectivity index (χ3n) is 10.1. The number of halogens is 4. The molecule has 11 nitrogen and oxygen atoms in total. The smallest absolute Gasteiger partial charge is 0.416 e. The molecule has 7 rings (SSSR count). The van der Waals surface area contributed by atoms with Crippen LogP contribution in [0.25, 0.3) is 16.8 Å². The zero-order chi connectivity index (χ0) is 34.1. The standard InChI is InChI=1S/C33H33ClF3N7O4/c1-16(2)32(31(46)47)8-6-20(12-32)43-14-23(48-15-17(43)3)29-42-26-21-5-4-18(10-22(21)40-28-27(26)44(29)24(34)13-39-28)30(45)41-25-11-19(7-9-38-25)33(35,36)37/h4-5,7,9-11,13,16-17,20,23H,6,8,12,14-15H2,1-3H3,(H,39,40)(H,46,47)(H,38,41,45)/t17-,20+,23+,32+/m0/s1. The Morgan fingerprint density at radius 2 is 2.00 bits per heavy atom. The molecule has 0 radical (unpaired) electrons. The molecule has 1 aliphatic carbocycles. The summed E-state index contributed by atoms with van der Waals surface area (Å²) in [5.74, 6) is -0.576. The van der Waals surface area contributed by atoms with Gasteiger partial charge in [-0.1, -0.05) is 25.4 Å². The van der Waals surface area contributed by atoms with Crippen LogP contribution in [-0.2, 0) is 15.7 Å². The van der Waals surface area contributed by atoms with Crippen molar-refractivity contribution in [2.75, 3.05) is 23.8 Å². The number of carbonyl (C=O) groups excluding carboxylic acids is 1. The first kappa shape index (κ1) is 32.3. The first-order valence-corrected chi connectivity index (χ1v) is 16.1. The highest BCUT2D eigenvalue weighted by molar-refractivity contribution is 6.30. The fraction of sp³-hybridized carbons (Fsp3) is 0.424. The van der Waals surface area contributed by atoms with Gasteiger partial charge in [0, 0.05) is 36.0 Å². The third-order valence-corrected chi connectivity index (χ3v) is 10.3. The van der Waals surface area contributed by atoms with Crippen molar-refractivity contribution in [1.82, 2.24) is 24.3 Å². The van der Waals surface area contributed by atoms with Crippen molar-refractivity contribution < 1.29 is 32.6 Å². The van der Waals surface area contributed by atoms with Gasteiger partial charge < -0.3 is 20.5 Å². The number of fused-ring (bicyclic) bond motifs is 2. The lowest BCUT2D eigenvalue weighted by Crippen LogP contribution is -2.50. The Kier molecular flexibility index (Phi) is 7.87. The van der Waals surface area contributed by atoms with Gasteiger partial charge in [0.2, 0.25) is 0 Å². The largest absolute Gasteiger partial charge is 0.481 e. The molecule has 1 saturated heterocycles. The second kappa shape index (κ2) is 11.7. The number of amides is 1. The van der Waals surface area contributed by atoms with Gasteiger partial charge in [0.25, 0.3) is 5.91 Å². The van der Waals surface area contributed by atoms with Crippen molar-refractivity contribution in [3.05, 3.63) is 64.8 Å². The lowest BCUT2D eigenvalue weighted by Gasteiger charge is -2.42. The summed E-state index contributed by atoms with van der Waals surface area (Å²) in [7, 11) is 0. The molecular weight excluding hydrogens is 651 g/mol. The molecule has 15 heteroatoms. The number of imidazole rings is 1. The average Bonchev–Trinajstić information content (AvgIpc) is 3.68. The molecule has 2 fully saturated rings. The van der Waals surface area contributed by atoms with E-state index in [1.807, 2.05) is 13.8 Å². The molecule has 1 saturated carbocycles. The Bertz CT molecular complexity index is 1950. The molecule has 5 heterocycles. The maximum Gasteiger partial charge on any atom is 0.416 e. The van der Waals surface area contributed by atoms with Crippen LogP contribution in [0.4, 0.5) is 30.5 Å². The second-order valence-electron chi connectivity index (χ2n) is 13.1. The highest BCUT2D eigenvalue weighted by atomic mass is 35.5. The van der Waals surface area contributed by atoms with Gasteiger partial charge in [0.05, 0.1) is 29.5 Å². The number of hydrogen-bond acceptors (Lipinski definition) is 8. The molecule has 4 aromatic rings. The number of alkyl halides is 3. The number of carboxylic acid groups (broad SMARTS) is 1. The van der Waals surface area contributed by atoms with E-state index >= 15 is 0 Å². The minimum Gasteiger partial charge on any atom is -0.481 e. The summed E-state index contributed by atoms with van der Waals surface area (Å²) in [6, 6.07) is 6.60. The van der Waals surface area contributed by atoms with Gasteiger partial charge in [-0.05, 0) is 62.4 Å².